The van der Waals surface area contributed by atoms with Crippen molar-refractivity contribution in [3.05, 3.63) is 93.4 Å². The number of hydrogen-bond donors (Lipinski definition) is 3. The van der Waals surface area contributed by atoms with Crippen LogP contribution in [-0.4, -0.2) is 28.3 Å². The molecule has 0 spiro atoms. The van der Waals surface area contributed by atoms with E-state index in [0.29, 0.717) is 5.92 Å². The standard InChI is InChI=1S/C29H33FN4/c1-6-7-25(23-14-18(2)15-24(30)16-23)26-17-28(32-21(26)5)29-20(4)27(33-34-29)9-8-19(3)22-10-12-31-13-11-22/h6-9,14-17,22,31-33H,1,4,10-13H2,2-3,5H3/b19-8+,25-7-,27-9+. The minimum absolute atomic E-state index is 0.251. The normalized spacial score (nSPS) is 16.3. The Bertz CT molecular complexity index is 1340. The number of rotatable bonds is 6. The summed E-state index contributed by atoms with van der Waals surface area (Å²) < 4.78 is 14.1. The maximum Gasteiger partial charge on any atom is 0.124 e. The second-order valence-electron chi connectivity index (χ2n) is 9.12. The first-order chi connectivity index (χ1) is 16.4. The Kier molecular flexibility index (Phi) is 7.13. The van der Waals surface area contributed by atoms with Crippen molar-refractivity contribution in [2.24, 2.45) is 5.92 Å². The number of allylic oxidation sites excluding steroid dienone is 4. The Morgan fingerprint density at radius 3 is 2.59 bits per heavy atom. The van der Waals surface area contributed by atoms with Gasteiger partial charge in [0.2, 0.25) is 0 Å². The Balaban J connectivity index is 1.68. The number of halogens is 1. The van der Waals surface area contributed by atoms with Crippen molar-refractivity contribution < 1.29 is 4.39 Å². The van der Waals surface area contributed by atoms with Crippen LogP contribution in [0.3, 0.4) is 0 Å². The number of benzene rings is 1. The fraction of sp³-hybridized carbons (Fsp3) is 0.276. The fourth-order valence-electron chi connectivity index (χ4n) is 4.68. The van der Waals surface area contributed by atoms with Crippen LogP contribution >= 0.6 is 0 Å². The molecule has 0 bridgehead atoms. The number of nitrogens with one attached hydrogen (secondary N) is 3. The number of piperidine rings is 1. The van der Waals surface area contributed by atoms with Crippen molar-refractivity contribution in [2.75, 3.05) is 13.1 Å². The van der Waals surface area contributed by atoms with Gasteiger partial charge >= 0.3 is 0 Å². The van der Waals surface area contributed by atoms with Gasteiger partial charge in [-0.3, -0.25) is 5.10 Å². The van der Waals surface area contributed by atoms with Crippen LogP contribution in [0.15, 0.2) is 54.6 Å². The quantitative estimate of drug-likeness (QED) is 0.462. The van der Waals surface area contributed by atoms with E-state index in [1.54, 1.807) is 12.1 Å². The third-order valence-electron chi connectivity index (χ3n) is 6.59. The number of aromatic amines is 2. The average molecular weight is 457 g/mol. The third kappa shape index (κ3) is 5.05. The molecule has 3 aromatic rings. The molecule has 1 saturated heterocycles. The van der Waals surface area contributed by atoms with Crippen LogP contribution in [0, 0.1) is 25.6 Å². The lowest BCUT2D eigenvalue weighted by atomic mass is 9.91. The highest BCUT2D eigenvalue weighted by Crippen LogP contribution is 2.30. The molecule has 34 heavy (non-hydrogen) atoms. The summed E-state index contributed by atoms with van der Waals surface area (Å²) in [6, 6.07) is 7.12. The van der Waals surface area contributed by atoms with Gasteiger partial charge in [-0.1, -0.05) is 43.0 Å². The summed E-state index contributed by atoms with van der Waals surface area (Å²) in [6.45, 7) is 16.4. The van der Waals surface area contributed by atoms with Gasteiger partial charge in [-0.2, -0.15) is 5.10 Å². The van der Waals surface area contributed by atoms with Crippen LogP contribution in [0.25, 0.3) is 29.6 Å². The molecule has 5 heteroatoms. The molecule has 2 aromatic heterocycles. The van der Waals surface area contributed by atoms with Gasteiger partial charge in [0.25, 0.3) is 0 Å². The van der Waals surface area contributed by atoms with E-state index in [4.69, 9.17) is 0 Å². The second-order valence-corrected chi connectivity index (χ2v) is 9.12. The minimum Gasteiger partial charge on any atom is -0.357 e. The summed E-state index contributed by atoms with van der Waals surface area (Å²) in [4.78, 5) is 3.44. The molecule has 0 aliphatic carbocycles. The summed E-state index contributed by atoms with van der Waals surface area (Å²) in [5, 5.41) is 12.8. The predicted molar refractivity (Wildman–Crippen MR) is 140 cm³/mol. The summed E-state index contributed by atoms with van der Waals surface area (Å²) in [5.41, 5.74) is 7.59. The molecule has 1 aliphatic heterocycles. The van der Waals surface area contributed by atoms with Gasteiger partial charge in [-0.05, 0) is 93.6 Å². The highest BCUT2D eigenvalue weighted by Gasteiger charge is 2.16. The molecule has 0 radical (unpaired) electrons. The van der Waals surface area contributed by atoms with Gasteiger partial charge in [0.1, 0.15) is 11.5 Å². The molecule has 4 rings (SSSR count). The van der Waals surface area contributed by atoms with Gasteiger partial charge in [0.15, 0.2) is 0 Å². The van der Waals surface area contributed by atoms with Gasteiger partial charge in [-0.25, -0.2) is 4.39 Å². The Hall–Kier alpha value is -3.44. The van der Waals surface area contributed by atoms with Crippen LogP contribution < -0.4 is 15.9 Å². The molecule has 1 fully saturated rings. The lowest BCUT2D eigenvalue weighted by Gasteiger charge is -2.23. The second kappa shape index (κ2) is 10.2. The first kappa shape index (κ1) is 23.7. The molecule has 0 amide bonds. The number of nitrogens with zero attached hydrogens (tertiary/aromatic N) is 1. The van der Waals surface area contributed by atoms with E-state index in [2.05, 4.69) is 58.8 Å². The average Bonchev–Trinajstić information content (AvgIpc) is 3.37. The lowest BCUT2D eigenvalue weighted by molar-refractivity contribution is 0.420. The molecule has 0 atom stereocenters. The molecule has 1 aliphatic rings. The smallest absolute Gasteiger partial charge is 0.124 e. The van der Waals surface area contributed by atoms with Crippen LogP contribution in [-0.2, 0) is 0 Å². The SMILES string of the molecule is C=C/C=C(/c1cc(C)cc(F)c1)c1cc(-c2n[nH]/c(=C/C=C(\C)C3CCNCC3)c2=C)[nH]c1C. The van der Waals surface area contributed by atoms with Gasteiger partial charge in [0, 0.05) is 16.5 Å². The van der Waals surface area contributed by atoms with Crippen LogP contribution in [0.4, 0.5) is 4.39 Å². The lowest BCUT2D eigenvalue weighted by Crippen LogP contribution is -2.28. The maximum atomic E-state index is 14.1. The van der Waals surface area contributed by atoms with Gasteiger partial charge < -0.3 is 10.3 Å². The summed E-state index contributed by atoms with van der Waals surface area (Å²) >= 11 is 0. The van der Waals surface area contributed by atoms with E-state index in [0.717, 1.165) is 63.0 Å². The van der Waals surface area contributed by atoms with Crippen molar-refractivity contribution in [2.45, 2.75) is 33.6 Å². The first-order valence-electron chi connectivity index (χ1n) is 11.8. The Morgan fingerprint density at radius 1 is 1.12 bits per heavy atom. The third-order valence-corrected chi connectivity index (χ3v) is 6.59. The zero-order chi connectivity index (χ0) is 24.2. The number of aromatic nitrogens is 3. The van der Waals surface area contributed by atoms with E-state index in [-0.39, 0.29) is 5.82 Å². The minimum atomic E-state index is -0.251. The van der Waals surface area contributed by atoms with Crippen molar-refractivity contribution in [3.63, 3.8) is 0 Å². The monoisotopic (exact) mass is 456 g/mol. The van der Waals surface area contributed by atoms with Crippen LogP contribution in [0.2, 0.25) is 0 Å². The van der Waals surface area contributed by atoms with E-state index >= 15 is 0 Å². The molecule has 0 unspecified atom stereocenters. The molecule has 3 heterocycles. The maximum absolute atomic E-state index is 14.1. The molecule has 1 aromatic carbocycles. The van der Waals surface area contributed by atoms with Crippen LogP contribution in [0.1, 0.15) is 42.1 Å². The van der Waals surface area contributed by atoms with Gasteiger partial charge in [0.05, 0.1) is 11.0 Å². The largest absolute Gasteiger partial charge is 0.357 e. The molecule has 3 N–H and O–H groups in total. The number of aryl methyl sites for hydroxylation is 2. The molecule has 4 nitrogen and oxygen atoms in total. The van der Waals surface area contributed by atoms with Crippen molar-refractivity contribution in [1.82, 2.24) is 20.5 Å². The zero-order valence-electron chi connectivity index (χ0n) is 20.3. The fourth-order valence-corrected chi connectivity index (χ4v) is 4.68. The van der Waals surface area contributed by atoms with Crippen LogP contribution in [0.5, 0.6) is 0 Å². The highest BCUT2D eigenvalue weighted by atomic mass is 19.1. The predicted octanol–water partition coefficient (Wildman–Crippen LogP) is 4.92. The van der Waals surface area contributed by atoms with Gasteiger partial charge in [-0.15, -0.1) is 0 Å². The van der Waals surface area contributed by atoms with E-state index < -0.39 is 0 Å². The summed E-state index contributed by atoms with van der Waals surface area (Å²) in [6.07, 6.45) is 10.3. The molecular weight excluding hydrogens is 423 g/mol. The van der Waals surface area contributed by atoms with E-state index in [1.807, 2.05) is 26.0 Å². The summed E-state index contributed by atoms with van der Waals surface area (Å²) in [5.74, 6) is 0.377. The van der Waals surface area contributed by atoms with E-state index in [1.165, 1.54) is 24.5 Å². The van der Waals surface area contributed by atoms with Crippen molar-refractivity contribution >= 4 is 18.2 Å². The first-order valence-corrected chi connectivity index (χ1v) is 11.8. The van der Waals surface area contributed by atoms with Crippen molar-refractivity contribution in [3.8, 4) is 11.4 Å². The topological polar surface area (TPSA) is 56.5 Å². The van der Waals surface area contributed by atoms with E-state index in [9.17, 15) is 4.39 Å². The molecule has 176 valence electrons. The number of H-pyrrole nitrogens is 2. The highest BCUT2D eigenvalue weighted by molar-refractivity contribution is 5.84. The Morgan fingerprint density at radius 2 is 1.88 bits per heavy atom. The Labute approximate surface area is 200 Å². The number of hydrogen-bond acceptors (Lipinski definition) is 2. The zero-order valence-corrected chi connectivity index (χ0v) is 20.3. The molecular formula is C29H33FN4. The summed E-state index contributed by atoms with van der Waals surface area (Å²) in [7, 11) is 0. The molecule has 0 saturated carbocycles. The van der Waals surface area contributed by atoms with Crippen molar-refractivity contribution in [1.29, 1.82) is 0 Å².